The van der Waals surface area contributed by atoms with Gasteiger partial charge in [-0.2, -0.15) is 25.6 Å². The molecule has 14 heavy (non-hydrogen) atoms. The normalized spacial score (nSPS) is 12.5. The minimum absolute atomic E-state index is 0.169. The molecule has 0 N–H and O–H groups in total. The maximum Gasteiger partial charge on any atom is 0.333 e. The average Bonchev–Trinajstić information content (AvgIpc) is 2.48. The molecule has 1 aromatic rings. The third-order valence-electron chi connectivity index (χ3n) is 2.28. The molecular formula is C9H14F2N2S. The molecule has 0 fully saturated rings. The lowest BCUT2D eigenvalue weighted by atomic mass is 10.0. The third kappa shape index (κ3) is 2.08. The van der Waals surface area contributed by atoms with E-state index < -0.39 is 6.55 Å². The summed E-state index contributed by atoms with van der Waals surface area (Å²) in [4.78, 5) is 0. The van der Waals surface area contributed by atoms with E-state index in [9.17, 15) is 8.78 Å². The third-order valence-corrected chi connectivity index (χ3v) is 3.52. The van der Waals surface area contributed by atoms with Gasteiger partial charge >= 0.3 is 6.55 Å². The van der Waals surface area contributed by atoms with Crippen LogP contribution in [0, 0.1) is 6.92 Å². The molecule has 0 saturated carbocycles. The Morgan fingerprint density at radius 3 is 2.43 bits per heavy atom. The highest BCUT2D eigenvalue weighted by molar-refractivity contribution is 7.99. The van der Waals surface area contributed by atoms with Crippen molar-refractivity contribution in [2.24, 2.45) is 0 Å². The van der Waals surface area contributed by atoms with Crippen molar-refractivity contribution in [1.29, 1.82) is 0 Å². The van der Waals surface area contributed by atoms with Gasteiger partial charge in [0.15, 0.2) is 0 Å². The Kier molecular flexibility index (Phi) is 3.19. The second kappa shape index (κ2) is 3.88. The quantitative estimate of drug-likeness (QED) is 0.778. The Morgan fingerprint density at radius 2 is 2.07 bits per heavy atom. The van der Waals surface area contributed by atoms with Crippen LogP contribution in [0.2, 0.25) is 0 Å². The molecule has 2 nitrogen and oxygen atoms in total. The second-order valence-corrected chi connectivity index (χ2v) is 5.03. The molecule has 0 unspecified atom stereocenters. The number of halogens is 2. The number of aromatic nitrogens is 2. The molecule has 0 aliphatic carbocycles. The standard InChI is InChI=1S/C9H14F2N2S/c1-6-7(9(2,3)14-4)5-13(12-6)8(10)11/h5,8H,1-4H3. The summed E-state index contributed by atoms with van der Waals surface area (Å²) in [6.07, 6.45) is 3.38. The van der Waals surface area contributed by atoms with E-state index in [1.54, 1.807) is 18.7 Å². The molecule has 0 spiro atoms. The van der Waals surface area contributed by atoms with Gasteiger partial charge in [-0.25, -0.2) is 4.68 Å². The van der Waals surface area contributed by atoms with Crippen molar-refractivity contribution >= 4 is 11.8 Å². The van der Waals surface area contributed by atoms with E-state index in [0.29, 0.717) is 10.4 Å². The van der Waals surface area contributed by atoms with Gasteiger partial charge < -0.3 is 0 Å². The molecule has 5 heteroatoms. The molecule has 0 aliphatic heterocycles. The first-order valence-corrected chi connectivity index (χ1v) is 5.50. The van der Waals surface area contributed by atoms with Gasteiger partial charge in [0.05, 0.1) is 5.69 Å². The molecule has 1 aromatic heterocycles. The number of hydrogen-bond acceptors (Lipinski definition) is 2. The Bertz CT molecular complexity index is 321. The van der Waals surface area contributed by atoms with Crippen LogP contribution in [-0.4, -0.2) is 16.0 Å². The van der Waals surface area contributed by atoms with Crippen molar-refractivity contribution in [3.8, 4) is 0 Å². The summed E-state index contributed by atoms with van der Waals surface area (Å²) in [5.74, 6) is 0. The van der Waals surface area contributed by atoms with E-state index in [4.69, 9.17) is 0 Å². The van der Waals surface area contributed by atoms with Crippen LogP contribution < -0.4 is 0 Å². The smallest absolute Gasteiger partial charge is 0.211 e. The highest BCUT2D eigenvalue weighted by atomic mass is 32.2. The van der Waals surface area contributed by atoms with Crippen LogP contribution in [0.25, 0.3) is 0 Å². The zero-order valence-corrected chi connectivity index (χ0v) is 9.53. The molecule has 0 amide bonds. The largest absolute Gasteiger partial charge is 0.333 e. The van der Waals surface area contributed by atoms with Gasteiger partial charge in [-0.15, -0.1) is 0 Å². The summed E-state index contributed by atoms with van der Waals surface area (Å²) in [6, 6.07) is 0. The predicted molar refractivity (Wildman–Crippen MR) is 54.8 cm³/mol. The summed E-state index contributed by atoms with van der Waals surface area (Å²) in [7, 11) is 0. The molecule has 0 saturated heterocycles. The summed E-state index contributed by atoms with van der Waals surface area (Å²) in [5.41, 5.74) is 1.54. The summed E-state index contributed by atoms with van der Waals surface area (Å²) < 4.78 is 25.2. The zero-order chi connectivity index (χ0) is 10.9. The fourth-order valence-corrected chi connectivity index (χ4v) is 1.70. The summed E-state index contributed by atoms with van der Waals surface area (Å²) >= 11 is 1.62. The Morgan fingerprint density at radius 1 is 1.50 bits per heavy atom. The number of hydrogen-bond donors (Lipinski definition) is 0. The van der Waals surface area contributed by atoms with Gasteiger partial charge in [0.1, 0.15) is 0 Å². The SMILES string of the molecule is CSC(C)(C)c1cn(C(F)F)nc1C. The van der Waals surface area contributed by atoms with Gasteiger partial charge in [-0.05, 0) is 27.0 Å². The number of thioether (sulfide) groups is 1. The topological polar surface area (TPSA) is 17.8 Å². The Balaban J connectivity index is 3.10. The number of alkyl halides is 2. The predicted octanol–water partition coefficient (Wildman–Crippen LogP) is 3.18. The van der Waals surface area contributed by atoms with Crippen LogP contribution in [0.3, 0.4) is 0 Å². The molecule has 0 radical (unpaired) electrons. The van der Waals surface area contributed by atoms with Gasteiger partial charge in [-0.1, -0.05) is 0 Å². The lowest BCUT2D eigenvalue weighted by Gasteiger charge is -2.20. The number of rotatable bonds is 3. The molecule has 0 atom stereocenters. The van der Waals surface area contributed by atoms with Crippen LogP contribution >= 0.6 is 11.8 Å². The van der Waals surface area contributed by atoms with Crippen molar-refractivity contribution in [2.45, 2.75) is 32.1 Å². The molecule has 0 aliphatic rings. The average molecular weight is 220 g/mol. The second-order valence-electron chi connectivity index (χ2n) is 3.60. The van der Waals surface area contributed by atoms with E-state index in [1.807, 2.05) is 20.1 Å². The first-order valence-electron chi connectivity index (χ1n) is 4.28. The number of aryl methyl sites for hydroxylation is 1. The molecule has 1 heterocycles. The van der Waals surface area contributed by atoms with E-state index in [2.05, 4.69) is 5.10 Å². The van der Waals surface area contributed by atoms with Crippen LogP contribution in [-0.2, 0) is 4.75 Å². The minimum Gasteiger partial charge on any atom is -0.211 e. The molecular weight excluding hydrogens is 206 g/mol. The van der Waals surface area contributed by atoms with Gasteiger partial charge in [0.2, 0.25) is 0 Å². The van der Waals surface area contributed by atoms with Gasteiger partial charge in [-0.3, -0.25) is 0 Å². The monoisotopic (exact) mass is 220 g/mol. The Hall–Kier alpha value is -0.580. The van der Waals surface area contributed by atoms with Crippen LogP contribution in [0.4, 0.5) is 8.78 Å². The highest BCUT2D eigenvalue weighted by Gasteiger charge is 2.25. The van der Waals surface area contributed by atoms with Crippen molar-refractivity contribution < 1.29 is 8.78 Å². The molecule has 1 rings (SSSR count). The minimum atomic E-state index is -2.56. The van der Waals surface area contributed by atoms with Crippen LogP contribution in [0.15, 0.2) is 6.20 Å². The first-order chi connectivity index (χ1) is 6.38. The molecule has 0 bridgehead atoms. The lowest BCUT2D eigenvalue weighted by molar-refractivity contribution is 0.0562. The van der Waals surface area contributed by atoms with E-state index in [-0.39, 0.29) is 4.75 Å². The molecule has 0 aromatic carbocycles. The van der Waals surface area contributed by atoms with Crippen molar-refractivity contribution in [1.82, 2.24) is 9.78 Å². The van der Waals surface area contributed by atoms with Crippen LogP contribution in [0.5, 0.6) is 0 Å². The Labute approximate surface area is 86.7 Å². The fraction of sp³-hybridized carbons (Fsp3) is 0.667. The fourth-order valence-electron chi connectivity index (χ4n) is 1.28. The van der Waals surface area contributed by atoms with Gasteiger partial charge in [0.25, 0.3) is 0 Å². The maximum absolute atomic E-state index is 12.3. The van der Waals surface area contributed by atoms with Crippen molar-refractivity contribution in [3.05, 3.63) is 17.5 Å². The van der Waals surface area contributed by atoms with Gasteiger partial charge in [0, 0.05) is 16.5 Å². The van der Waals surface area contributed by atoms with E-state index in [1.165, 1.54) is 6.20 Å². The summed E-state index contributed by atoms with van der Waals surface area (Å²) in [5, 5.41) is 3.78. The van der Waals surface area contributed by atoms with E-state index >= 15 is 0 Å². The van der Waals surface area contributed by atoms with E-state index in [0.717, 1.165) is 5.56 Å². The molecule has 80 valence electrons. The lowest BCUT2D eigenvalue weighted by Crippen LogP contribution is -2.11. The maximum atomic E-state index is 12.3. The van der Waals surface area contributed by atoms with Crippen molar-refractivity contribution in [2.75, 3.05) is 6.26 Å². The van der Waals surface area contributed by atoms with Crippen LogP contribution in [0.1, 0.15) is 31.7 Å². The highest BCUT2D eigenvalue weighted by Crippen LogP contribution is 2.35. The zero-order valence-electron chi connectivity index (χ0n) is 8.71. The summed E-state index contributed by atoms with van der Waals surface area (Å²) in [6.45, 7) is 3.20. The van der Waals surface area contributed by atoms with Crippen molar-refractivity contribution in [3.63, 3.8) is 0 Å². The first kappa shape index (κ1) is 11.5. The number of nitrogens with zero attached hydrogens (tertiary/aromatic N) is 2.